The minimum atomic E-state index is -0.0825. The summed E-state index contributed by atoms with van der Waals surface area (Å²) in [6, 6.07) is 64.9. The van der Waals surface area contributed by atoms with Gasteiger partial charge in [0.1, 0.15) is 0 Å². The van der Waals surface area contributed by atoms with Crippen molar-refractivity contribution in [2.75, 3.05) is 4.90 Å². The zero-order chi connectivity index (χ0) is 34.1. The van der Waals surface area contributed by atoms with Crippen LogP contribution in [0.4, 0.5) is 17.1 Å². The highest BCUT2D eigenvalue weighted by molar-refractivity contribution is 7.25. The maximum Gasteiger partial charge on any atom is 0.0467 e. The van der Waals surface area contributed by atoms with Crippen LogP contribution in [0, 0.1) is 0 Å². The van der Waals surface area contributed by atoms with Gasteiger partial charge in [-0.1, -0.05) is 129 Å². The van der Waals surface area contributed by atoms with Crippen LogP contribution in [-0.2, 0) is 5.41 Å². The van der Waals surface area contributed by atoms with Crippen molar-refractivity contribution in [2.45, 2.75) is 19.3 Å². The molecule has 242 valence electrons. The molecule has 1 aromatic heterocycles. The largest absolute Gasteiger partial charge is 0.310 e. The van der Waals surface area contributed by atoms with Crippen LogP contribution >= 0.6 is 11.3 Å². The predicted octanol–water partition coefficient (Wildman–Crippen LogP) is 14.3. The molecule has 0 aliphatic heterocycles. The van der Waals surface area contributed by atoms with Crippen LogP contribution < -0.4 is 4.90 Å². The maximum atomic E-state index is 2.41. The number of fused-ring (bicyclic) bond motifs is 7. The van der Waals surface area contributed by atoms with Gasteiger partial charge in [-0.25, -0.2) is 0 Å². The lowest BCUT2D eigenvalue weighted by Gasteiger charge is -2.28. The van der Waals surface area contributed by atoms with Crippen molar-refractivity contribution in [1.29, 1.82) is 0 Å². The molecule has 8 aromatic carbocycles. The van der Waals surface area contributed by atoms with Crippen molar-refractivity contribution in [3.8, 4) is 33.4 Å². The van der Waals surface area contributed by atoms with E-state index in [4.69, 9.17) is 0 Å². The molecule has 51 heavy (non-hydrogen) atoms. The summed E-state index contributed by atoms with van der Waals surface area (Å²) < 4.78 is 2.68. The SMILES string of the molecule is CC1(C)c2ccccc2-c2ccc(N(c3ccc(-c4ccc5cc6c(cc5c4)sc4ccccc46)cc3)c3cccc(-c4ccccc4)c3)cc21. The first-order valence-corrected chi connectivity index (χ1v) is 18.5. The molecule has 0 unspecified atom stereocenters. The highest BCUT2D eigenvalue weighted by atomic mass is 32.1. The van der Waals surface area contributed by atoms with E-state index >= 15 is 0 Å². The third-order valence-corrected chi connectivity index (χ3v) is 12.0. The molecule has 2 heteroatoms. The molecule has 0 N–H and O–H groups in total. The molecule has 1 aliphatic carbocycles. The van der Waals surface area contributed by atoms with E-state index in [9.17, 15) is 0 Å². The first-order valence-electron chi connectivity index (χ1n) is 17.7. The molecular weight excluding hydrogens is 635 g/mol. The Hall–Kier alpha value is -5.96. The normalized spacial score (nSPS) is 13.1. The van der Waals surface area contributed by atoms with Crippen LogP contribution in [0.3, 0.4) is 0 Å². The lowest BCUT2D eigenvalue weighted by Crippen LogP contribution is -2.16. The Labute approximate surface area is 302 Å². The van der Waals surface area contributed by atoms with Crippen molar-refractivity contribution >= 4 is 59.3 Å². The molecule has 9 aromatic rings. The third kappa shape index (κ3) is 4.90. The van der Waals surface area contributed by atoms with Crippen LogP contribution in [-0.4, -0.2) is 0 Å². The second-order valence-electron chi connectivity index (χ2n) is 14.2. The standard InChI is InChI=1S/C49H35NS/c1-49(2)45-17-8-6-15-41(45)42-26-25-40(31-46(42)49)50(39-14-10-13-34(28-39)32-11-4-3-5-12-32)38-23-21-33(22-24-38)35-19-20-36-29-44-43-16-7-9-18-47(43)51-48(44)30-37(36)27-35/h3-31H,1-2H3. The van der Waals surface area contributed by atoms with E-state index in [1.54, 1.807) is 0 Å². The Bertz CT molecular complexity index is 2770. The maximum absolute atomic E-state index is 2.41. The van der Waals surface area contributed by atoms with Crippen LogP contribution in [0.1, 0.15) is 25.0 Å². The summed E-state index contributed by atoms with van der Waals surface area (Å²) in [4.78, 5) is 2.41. The molecule has 1 aliphatic rings. The number of rotatable bonds is 5. The van der Waals surface area contributed by atoms with Gasteiger partial charge in [-0.15, -0.1) is 11.3 Å². The fourth-order valence-corrected chi connectivity index (χ4v) is 9.32. The van der Waals surface area contributed by atoms with Crippen LogP contribution in [0.2, 0.25) is 0 Å². The fourth-order valence-electron chi connectivity index (χ4n) is 8.18. The van der Waals surface area contributed by atoms with Gasteiger partial charge >= 0.3 is 0 Å². The van der Waals surface area contributed by atoms with Gasteiger partial charge in [-0.2, -0.15) is 0 Å². The zero-order valence-electron chi connectivity index (χ0n) is 28.6. The second-order valence-corrected chi connectivity index (χ2v) is 15.3. The van der Waals surface area contributed by atoms with Crippen LogP contribution in [0.5, 0.6) is 0 Å². The summed E-state index contributed by atoms with van der Waals surface area (Å²) in [5.41, 5.74) is 13.6. The smallest absolute Gasteiger partial charge is 0.0467 e. The van der Waals surface area contributed by atoms with E-state index in [0.717, 1.165) is 17.1 Å². The Balaban J connectivity index is 1.07. The van der Waals surface area contributed by atoms with Gasteiger partial charge < -0.3 is 4.90 Å². The molecule has 0 fully saturated rings. The number of hydrogen-bond donors (Lipinski definition) is 0. The number of benzene rings is 8. The van der Waals surface area contributed by atoms with Crippen molar-refractivity contribution in [3.63, 3.8) is 0 Å². The van der Waals surface area contributed by atoms with Gasteiger partial charge in [0.25, 0.3) is 0 Å². The Morgan fingerprint density at radius 2 is 1.06 bits per heavy atom. The van der Waals surface area contributed by atoms with Gasteiger partial charge in [-0.05, 0) is 116 Å². The molecular formula is C49H35NS. The van der Waals surface area contributed by atoms with E-state index in [0.29, 0.717) is 0 Å². The second kappa shape index (κ2) is 11.6. The molecule has 0 amide bonds. The molecule has 0 radical (unpaired) electrons. The first kappa shape index (κ1) is 29.9. The summed E-state index contributed by atoms with van der Waals surface area (Å²) in [5, 5.41) is 5.24. The van der Waals surface area contributed by atoms with Gasteiger partial charge in [0.15, 0.2) is 0 Å². The van der Waals surface area contributed by atoms with E-state index in [-0.39, 0.29) is 5.41 Å². The van der Waals surface area contributed by atoms with Crippen molar-refractivity contribution in [1.82, 2.24) is 0 Å². The van der Waals surface area contributed by atoms with Gasteiger partial charge in [0.05, 0.1) is 0 Å². The molecule has 0 atom stereocenters. The Morgan fingerprint density at radius 1 is 0.392 bits per heavy atom. The van der Waals surface area contributed by atoms with E-state index in [2.05, 4.69) is 195 Å². The third-order valence-electron chi connectivity index (χ3n) is 10.8. The predicted molar refractivity (Wildman–Crippen MR) is 220 cm³/mol. The Kier molecular flexibility index (Phi) is 6.78. The molecule has 1 nitrogen and oxygen atoms in total. The van der Waals surface area contributed by atoms with E-state index < -0.39 is 0 Å². The number of nitrogens with zero attached hydrogens (tertiary/aromatic N) is 1. The summed E-state index contributed by atoms with van der Waals surface area (Å²) in [6.45, 7) is 4.71. The monoisotopic (exact) mass is 669 g/mol. The topological polar surface area (TPSA) is 3.24 Å². The molecule has 0 saturated carbocycles. The molecule has 0 saturated heterocycles. The highest BCUT2D eigenvalue weighted by Crippen LogP contribution is 2.51. The van der Waals surface area contributed by atoms with Crippen molar-refractivity contribution < 1.29 is 0 Å². The lowest BCUT2D eigenvalue weighted by molar-refractivity contribution is 0.660. The fraction of sp³-hybridized carbons (Fsp3) is 0.0612. The lowest BCUT2D eigenvalue weighted by atomic mass is 9.82. The average Bonchev–Trinajstić information content (AvgIpc) is 3.65. The van der Waals surface area contributed by atoms with Crippen molar-refractivity contribution in [2.24, 2.45) is 0 Å². The molecule has 1 heterocycles. The summed E-state index contributed by atoms with van der Waals surface area (Å²) in [5.74, 6) is 0. The summed E-state index contributed by atoms with van der Waals surface area (Å²) in [7, 11) is 0. The summed E-state index contributed by atoms with van der Waals surface area (Å²) in [6.07, 6.45) is 0. The van der Waals surface area contributed by atoms with Crippen LogP contribution in [0.15, 0.2) is 176 Å². The minimum absolute atomic E-state index is 0.0825. The van der Waals surface area contributed by atoms with Crippen molar-refractivity contribution in [3.05, 3.63) is 187 Å². The molecule has 0 spiro atoms. The number of hydrogen-bond acceptors (Lipinski definition) is 2. The highest BCUT2D eigenvalue weighted by Gasteiger charge is 2.35. The van der Waals surface area contributed by atoms with Gasteiger partial charge in [0, 0.05) is 42.6 Å². The Morgan fingerprint density at radius 3 is 1.94 bits per heavy atom. The molecule has 10 rings (SSSR count). The average molecular weight is 670 g/mol. The molecule has 0 bridgehead atoms. The first-order chi connectivity index (χ1) is 25.0. The number of anilines is 3. The minimum Gasteiger partial charge on any atom is -0.310 e. The van der Waals surface area contributed by atoms with E-state index in [1.165, 1.54) is 75.5 Å². The van der Waals surface area contributed by atoms with Crippen LogP contribution in [0.25, 0.3) is 64.3 Å². The summed E-state index contributed by atoms with van der Waals surface area (Å²) >= 11 is 1.88. The number of thiophene rings is 1. The van der Waals surface area contributed by atoms with E-state index in [1.807, 2.05) is 11.3 Å². The van der Waals surface area contributed by atoms with Gasteiger partial charge in [-0.3, -0.25) is 0 Å². The zero-order valence-corrected chi connectivity index (χ0v) is 29.4. The quantitative estimate of drug-likeness (QED) is 0.176. The van der Waals surface area contributed by atoms with Gasteiger partial charge in [0.2, 0.25) is 0 Å².